The maximum absolute atomic E-state index is 14.7. The molecule has 0 spiro atoms. The van der Waals surface area contributed by atoms with E-state index in [0.29, 0.717) is 34.8 Å². The fourth-order valence-electron chi connectivity index (χ4n) is 6.23. The molecule has 0 saturated heterocycles. The van der Waals surface area contributed by atoms with Crippen molar-refractivity contribution in [3.63, 3.8) is 0 Å². The van der Waals surface area contributed by atoms with E-state index < -0.39 is 41.5 Å². The van der Waals surface area contributed by atoms with Gasteiger partial charge in [0.25, 0.3) is 5.82 Å². The van der Waals surface area contributed by atoms with E-state index in [1.807, 2.05) is 58.0 Å². The van der Waals surface area contributed by atoms with Crippen LogP contribution < -0.4 is 16.0 Å². The summed E-state index contributed by atoms with van der Waals surface area (Å²) in [4.78, 5) is 61.7. The van der Waals surface area contributed by atoms with E-state index in [0.717, 1.165) is 22.2 Å². The van der Waals surface area contributed by atoms with Gasteiger partial charge in [0.15, 0.2) is 0 Å². The van der Waals surface area contributed by atoms with Crippen LogP contribution in [0.2, 0.25) is 10.0 Å². The minimum atomic E-state index is -1.51. The molecule has 15 heteroatoms. The van der Waals surface area contributed by atoms with Gasteiger partial charge in [0, 0.05) is 22.5 Å². The standard InChI is InChI=1S/C36H42Cl2N6O7/c1-6-19(3)27(41-35(48)50-18-21-11-9-8-10-12-21)31(45)43-36(14-13-26-24(17-36)23-15-22(37)16-25(38)29(23)39-26)34(47)40-28(20(4)7-2)32-42-30(44-51-32)33(46)49-5/h8-12,15-16,19-20,27-28,39H,6-7,13-14,17-18H2,1-5H3,(H,40,47)(H,41,48)(H,43,45)/t19?,20?,27-,28-,36+/m0/s1. The number of hydrogen-bond donors (Lipinski definition) is 4. The van der Waals surface area contributed by atoms with Crippen LogP contribution in [-0.4, -0.2) is 57.7 Å². The molecule has 13 nitrogen and oxygen atoms in total. The zero-order valence-electron chi connectivity index (χ0n) is 29.1. The molecule has 0 bridgehead atoms. The minimum Gasteiger partial charge on any atom is -0.463 e. The Morgan fingerprint density at radius 1 is 1.04 bits per heavy atom. The van der Waals surface area contributed by atoms with Gasteiger partial charge in [-0.15, -0.1) is 0 Å². The number of rotatable bonds is 13. The number of nitrogens with zero attached hydrogens (tertiary/aromatic N) is 2. The average molecular weight is 742 g/mol. The lowest BCUT2D eigenvalue weighted by Gasteiger charge is -2.39. The maximum atomic E-state index is 14.7. The first-order valence-corrected chi connectivity index (χ1v) is 17.7. The lowest BCUT2D eigenvalue weighted by molar-refractivity contribution is -0.136. The number of nitrogens with one attached hydrogen (secondary N) is 4. The average Bonchev–Trinajstić information content (AvgIpc) is 3.76. The highest BCUT2D eigenvalue weighted by molar-refractivity contribution is 6.38. The van der Waals surface area contributed by atoms with Gasteiger partial charge < -0.3 is 34.9 Å². The minimum absolute atomic E-state index is 0.0158. The zero-order chi connectivity index (χ0) is 36.9. The van der Waals surface area contributed by atoms with E-state index in [-0.39, 0.29) is 43.0 Å². The maximum Gasteiger partial charge on any atom is 0.408 e. The SMILES string of the molecule is CCC(C)[C@H](NC(=O)OCc1ccccc1)C(=O)N[C@]1(C(=O)N[C@H](c2nc(C(=O)OC)no2)C(C)CC)CCc2[nH]c3c(Cl)cc(Cl)cc3c2C1. The van der Waals surface area contributed by atoms with Crippen LogP contribution in [0.15, 0.2) is 47.0 Å². The number of aromatic nitrogens is 3. The smallest absolute Gasteiger partial charge is 0.408 e. The summed E-state index contributed by atoms with van der Waals surface area (Å²) < 4.78 is 15.6. The molecular weight excluding hydrogens is 699 g/mol. The molecule has 0 fully saturated rings. The summed E-state index contributed by atoms with van der Waals surface area (Å²) in [6, 6.07) is 10.8. The Kier molecular flexibility index (Phi) is 11.9. The van der Waals surface area contributed by atoms with E-state index in [9.17, 15) is 19.2 Å². The number of aryl methyl sites for hydroxylation is 1. The molecule has 1 aliphatic rings. The van der Waals surface area contributed by atoms with Crippen molar-refractivity contribution >= 4 is 58.0 Å². The number of carbonyl (C=O) groups is 4. The number of carbonyl (C=O) groups excluding carboxylic acids is 4. The first-order chi connectivity index (χ1) is 24.4. The first kappa shape index (κ1) is 37.6. The summed E-state index contributed by atoms with van der Waals surface area (Å²) in [6.45, 7) is 7.59. The highest BCUT2D eigenvalue weighted by atomic mass is 35.5. The Labute approximate surface area is 305 Å². The molecule has 0 aliphatic heterocycles. The Hall–Kier alpha value is -4.62. The summed E-state index contributed by atoms with van der Waals surface area (Å²) in [7, 11) is 1.20. The molecule has 5 rings (SSSR count). The van der Waals surface area contributed by atoms with Gasteiger partial charge in [0.05, 0.1) is 17.6 Å². The quantitative estimate of drug-likeness (QED) is 0.116. The number of hydrogen-bond acceptors (Lipinski definition) is 9. The van der Waals surface area contributed by atoms with Crippen molar-refractivity contribution in [2.24, 2.45) is 11.8 Å². The summed E-state index contributed by atoms with van der Waals surface area (Å²) >= 11 is 13.0. The second kappa shape index (κ2) is 16.2. The predicted octanol–water partition coefficient (Wildman–Crippen LogP) is 6.23. The van der Waals surface area contributed by atoms with Gasteiger partial charge in [0.1, 0.15) is 24.2 Å². The van der Waals surface area contributed by atoms with Crippen molar-refractivity contribution in [3.8, 4) is 0 Å². The third kappa shape index (κ3) is 8.31. The molecule has 3 amide bonds. The third-order valence-electron chi connectivity index (χ3n) is 9.65. The Morgan fingerprint density at radius 2 is 1.76 bits per heavy atom. The Morgan fingerprint density at radius 3 is 2.45 bits per heavy atom. The second-order valence-corrected chi connectivity index (χ2v) is 13.8. The number of H-pyrrole nitrogens is 1. The van der Waals surface area contributed by atoms with Crippen LogP contribution in [0.1, 0.15) is 86.3 Å². The zero-order valence-corrected chi connectivity index (χ0v) is 30.6. The van der Waals surface area contributed by atoms with Gasteiger partial charge in [0.2, 0.25) is 17.7 Å². The molecule has 0 saturated carbocycles. The summed E-state index contributed by atoms with van der Waals surface area (Å²) in [6.07, 6.45) is 1.05. The number of ether oxygens (including phenoxy) is 2. The molecule has 5 atom stereocenters. The second-order valence-electron chi connectivity index (χ2n) is 13.0. The number of halogens is 2. The lowest BCUT2D eigenvalue weighted by atomic mass is 9.78. The van der Waals surface area contributed by atoms with Crippen molar-refractivity contribution < 1.29 is 33.2 Å². The number of methoxy groups -OCH3 is 1. The van der Waals surface area contributed by atoms with Crippen molar-refractivity contribution in [2.45, 2.75) is 84.0 Å². The Bertz CT molecular complexity index is 1900. The normalized spacial score (nSPS) is 17.8. The molecule has 2 unspecified atom stereocenters. The first-order valence-electron chi connectivity index (χ1n) is 16.9. The highest BCUT2D eigenvalue weighted by Gasteiger charge is 2.47. The van der Waals surface area contributed by atoms with Gasteiger partial charge in [-0.2, -0.15) is 4.98 Å². The fourth-order valence-corrected chi connectivity index (χ4v) is 6.77. The van der Waals surface area contributed by atoms with Gasteiger partial charge in [-0.3, -0.25) is 9.59 Å². The summed E-state index contributed by atoms with van der Waals surface area (Å²) in [5.41, 5.74) is 1.60. The van der Waals surface area contributed by atoms with E-state index in [4.69, 9.17) is 37.2 Å². The van der Waals surface area contributed by atoms with Crippen molar-refractivity contribution in [1.82, 2.24) is 31.1 Å². The molecule has 2 aromatic carbocycles. The van der Waals surface area contributed by atoms with Gasteiger partial charge in [-0.05, 0) is 53.1 Å². The van der Waals surface area contributed by atoms with Crippen LogP contribution in [0.25, 0.3) is 10.9 Å². The van der Waals surface area contributed by atoms with E-state index >= 15 is 0 Å². The molecule has 4 N–H and O–H groups in total. The van der Waals surface area contributed by atoms with Crippen LogP contribution in [0, 0.1) is 11.8 Å². The molecular formula is C36H42Cl2N6O7. The molecule has 0 radical (unpaired) electrons. The number of benzene rings is 2. The number of alkyl carbamates (subject to hydrolysis) is 1. The summed E-state index contributed by atoms with van der Waals surface area (Å²) in [5.74, 6) is -2.65. The monoisotopic (exact) mass is 740 g/mol. The summed E-state index contributed by atoms with van der Waals surface area (Å²) in [5, 5.41) is 14.1. The molecule has 51 heavy (non-hydrogen) atoms. The molecule has 4 aromatic rings. The van der Waals surface area contributed by atoms with E-state index in [2.05, 4.69) is 31.1 Å². The highest BCUT2D eigenvalue weighted by Crippen LogP contribution is 2.39. The van der Waals surface area contributed by atoms with Gasteiger partial charge >= 0.3 is 12.1 Å². The van der Waals surface area contributed by atoms with Gasteiger partial charge in [-0.1, -0.05) is 94.1 Å². The van der Waals surface area contributed by atoms with Crippen LogP contribution in [0.3, 0.4) is 0 Å². The van der Waals surface area contributed by atoms with Crippen LogP contribution in [0.4, 0.5) is 4.79 Å². The fraction of sp³-hybridized carbons (Fsp3) is 0.444. The molecule has 2 aromatic heterocycles. The van der Waals surface area contributed by atoms with Crippen molar-refractivity contribution in [2.75, 3.05) is 7.11 Å². The largest absolute Gasteiger partial charge is 0.463 e. The van der Waals surface area contributed by atoms with E-state index in [1.54, 1.807) is 12.1 Å². The van der Waals surface area contributed by atoms with Crippen LogP contribution >= 0.6 is 23.2 Å². The van der Waals surface area contributed by atoms with Gasteiger partial charge in [-0.25, -0.2) is 9.59 Å². The predicted molar refractivity (Wildman–Crippen MR) is 190 cm³/mol. The molecule has 1 aliphatic carbocycles. The number of esters is 1. The lowest BCUT2D eigenvalue weighted by Crippen LogP contribution is -2.65. The third-order valence-corrected chi connectivity index (χ3v) is 10.2. The number of amides is 3. The van der Waals surface area contributed by atoms with Crippen LogP contribution in [-0.2, 0) is 38.5 Å². The van der Waals surface area contributed by atoms with E-state index in [1.165, 1.54) is 7.11 Å². The molecule has 272 valence electrons. The number of aromatic amines is 1. The van der Waals surface area contributed by atoms with Crippen LogP contribution in [0.5, 0.6) is 0 Å². The Balaban J connectivity index is 1.49. The number of fused-ring (bicyclic) bond motifs is 3. The molecule has 2 heterocycles. The topological polar surface area (TPSA) is 178 Å². The van der Waals surface area contributed by atoms with Crippen molar-refractivity contribution in [1.29, 1.82) is 0 Å². The van der Waals surface area contributed by atoms with Crippen molar-refractivity contribution in [3.05, 3.63) is 81.0 Å².